The Morgan fingerprint density at radius 1 is 1.16 bits per heavy atom. The van der Waals surface area contributed by atoms with Crippen LogP contribution in [0.1, 0.15) is 47.9 Å². The fourth-order valence-corrected chi connectivity index (χ4v) is 4.30. The number of benzene rings is 1. The van der Waals surface area contributed by atoms with Crippen LogP contribution in [-0.2, 0) is 24.2 Å². The van der Waals surface area contributed by atoms with E-state index in [-0.39, 0.29) is 24.1 Å². The molecule has 0 saturated carbocycles. The third-order valence-electron chi connectivity index (χ3n) is 5.77. The summed E-state index contributed by atoms with van der Waals surface area (Å²) in [6.07, 6.45) is 5.90. The highest BCUT2D eigenvalue weighted by molar-refractivity contribution is 6.30. The van der Waals surface area contributed by atoms with Gasteiger partial charge in [-0.25, -0.2) is 9.69 Å². The summed E-state index contributed by atoms with van der Waals surface area (Å²) in [5.74, 6) is 0.336. The molecule has 0 fully saturated rings. The Morgan fingerprint density at radius 2 is 1.97 bits per heavy atom. The minimum absolute atomic E-state index is 0.166. The molecule has 31 heavy (non-hydrogen) atoms. The van der Waals surface area contributed by atoms with Crippen molar-refractivity contribution in [2.45, 2.75) is 44.7 Å². The molecular weight excluding hydrogens is 416 g/mol. The summed E-state index contributed by atoms with van der Waals surface area (Å²) in [7, 11) is 0. The van der Waals surface area contributed by atoms with Gasteiger partial charge in [0.05, 0.1) is 17.7 Å². The zero-order valence-electron chi connectivity index (χ0n) is 16.8. The van der Waals surface area contributed by atoms with Crippen LogP contribution in [0.3, 0.4) is 0 Å². The zero-order valence-corrected chi connectivity index (χ0v) is 17.6. The van der Waals surface area contributed by atoms with Crippen LogP contribution >= 0.6 is 11.6 Å². The summed E-state index contributed by atoms with van der Waals surface area (Å²) in [5.41, 5.74) is 3.30. The maximum Gasteiger partial charge on any atom is 0.267 e. The lowest BCUT2D eigenvalue weighted by molar-refractivity contribution is -0.134. The third-order valence-corrected chi connectivity index (χ3v) is 6.03. The van der Waals surface area contributed by atoms with Crippen molar-refractivity contribution in [3.8, 4) is 0 Å². The molecule has 0 bridgehead atoms. The van der Waals surface area contributed by atoms with Gasteiger partial charge in [0.2, 0.25) is 0 Å². The summed E-state index contributed by atoms with van der Waals surface area (Å²) >= 11 is 6.00. The molecule has 0 N–H and O–H groups in total. The normalized spacial score (nSPS) is 18.0. The van der Waals surface area contributed by atoms with E-state index in [2.05, 4.69) is 10.2 Å². The Bertz CT molecular complexity index is 1200. The van der Waals surface area contributed by atoms with Crippen molar-refractivity contribution in [3.63, 3.8) is 0 Å². The smallest absolute Gasteiger partial charge is 0.267 e. The summed E-state index contributed by atoms with van der Waals surface area (Å²) in [5, 5.41) is 11.1. The largest absolute Gasteiger partial charge is 0.467 e. The van der Waals surface area contributed by atoms with Gasteiger partial charge in [-0.3, -0.25) is 9.59 Å². The number of carbonyl (C=O) groups is 1. The molecule has 1 atom stereocenters. The van der Waals surface area contributed by atoms with Crippen LogP contribution in [0.2, 0.25) is 5.02 Å². The Hall–Kier alpha value is -3.19. The molecule has 7 nitrogen and oxygen atoms in total. The fraction of sp³-hybridized carbons (Fsp3) is 0.304. The first-order chi connectivity index (χ1) is 15.1. The molecule has 1 aliphatic carbocycles. The standard InChI is InChI=1S/C23H21ClN4O3/c24-17-9-7-15(8-10-17)19-13-20(21-6-3-11-31-21)28(26-19)23(30)14-27-22(29)12-16-4-1-2-5-18(16)25-27/h3,6-12,20H,1-2,4-5,13-14H2/t20-/m1/s1. The van der Waals surface area contributed by atoms with Crippen molar-refractivity contribution in [2.24, 2.45) is 5.10 Å². The zero-order chi connectivity index (χ0) is 21.4. The molecule has 0 unspecified atom stereocenters. The number of hydrogen-bond donors (Lipinski definition) is 0. The molecule has 0 saturated heterocycles. The van der Waals surface area contributed by atoms with E-state index in [9.17, 15) is 9.59 Å². The van der Waals surface area contributed by atoms with E-state index in [1.54, 1.807) is 30.5 Å². The summed E-state index contributed by atoms with van der Waals surface area (Å²) in [6, 6.07) is 12.2. The maximum atomic E-state index is 13.2. The van der Waals surface area contributed by atoms with Crippen LogP contribution in [0.15, 0.2) is 63.0 Å². The van der Waals surface area contributed by atoms with E-state index in [1.165, 1.54) is 9.69 Å². The van der Waals surface area contributed by atoms with E-state index in [0.29, 0.717) is 17.2 Å². The monoisotopic (exact) mass is 436 g/mol. The summed E-state index contributed by atoms with van der Waals surface area (Å²) < 4.78 is 6.83. The van der Waals surface area contributed by atoms with Crippen molar-refractivity contribution in [1.29, 1.82) is 0 Å². The van der Waals surface area contributed by atoms with E-state index >= 15 is 0 Å². The van der Waals surface area contributed by atoms with Crippen molar-refractivity contribution in [1.82, 2.24) is 14.8 Å². The molecule has 158 valence electrons. The van der Waals surface area contributed by atoms with Gasteiger partial charge in [-0.1, -0.05) is 23.7 Å². The molecule has 2 aliphatic rings. The van der Waals surface area contributed by atoms with E-state index in [4.69, 9.17) is 16.0 Å². The molecule has 2 aromatic heterocycles. The lowest BCUT2D eigenvalue weighted by Crippen LogP contribution is -2.35. The molecule has 0 spiro atoms. The third kappa shape index (κ3) is 3.93. The second-order valence-corrected chi connectivity index (χ2v) is 8.28. The van der Waals surface area contributed by atoms with Gasteiger partial charge in [-0.15, -0.1) is 0 Å². The lowest BCUT2D eigenvalue weighted by Gasteiger charge is -2.21. The van der Waals surface area contributed by atoms with Gasteiger partial charge < -0.3 is 4.42 Å². The van der Waals surface area contributed by atoms with Crippen LogP contribution < -0.4 is 5.56 Å². The van der Waals surface area contributed by atoms with Crippen molar-refractivity contribution < 1.29 is 9.21 Å². The first kappa shape index (κ1) is 19.8. The average Bonchev–Trinajstić information content (AvgIpc) is 3.45. The molecule has 3 heterocycles. The second kappa shape index (κ2) is 8.15. The van der Waals surface area contributed by atoms with E-state index < -0.39 is 0 Å². The quantitative estimate of drug-likeness (QED) is 0.623. The van der Waals surface area contributed by atoms with Gasteiger partial charge in [0, 0.05) is 17.5 Å². The number of furan rings is 1. The van der Waals surface area contributed by atoms with Crippen molar-refractivity contribution in [3.05, 3.63) is 86.7 Å². The lowest BCUT2D eigenvalue weighted by atomic mass is 9.97. The van der Waals surface area contributed by atoms with Crippen molar-refractivity contribution in [2.75, 3.05) is 0 Å². The van der Waals surface area contributed by atoms with Crippen LogP contribution in [0.25, 0.3) is 0 Å². The van der Waals surface area contributed by atoms with Crippen molar-refractivity contribution >= 4 is 23.2 Å². The van der Waals surface area contributed by atoms with Crippen LogP contribution in [0.5, 0.6) is 0 Å². The number of hydrazone groups is 1. The van der Waals surface area contributed by atoms with Gasteiger partial charge in [0.1, 0.15) is 18.3 Å². The molecule has 3 aromatic rings. The molecule has 8 heteroatoms. The van der Waals surface area contributed by atoms with Crippen LogP contribution in [0, 0.1) is 0 Å². The molecule has 1 aromatic carbocycles. The predicted molar refractivity (Wildman–Crippen MR) is 116 cm³/mol. The first-order valence-electron chi connectivity index (χ1n) is 10.4. The van der Waals surface area contributed by atoms with Crippen LogP contribution in [-0.4, -0.2) is 26.4 Å². The summed E-state index contributed by atoms with van der Waals surface area (Å²) in [6.45, 7) is -0.166. The Kier molecular flexibility index (Phi) is 5.19. The highest BCUT2D eigenvalue weighted by Crippen LogP contribution is 2.33. The Balaban J connectivity index is 1.45. The van der Waals surface area contributed by atoms with Gasteiger partial charge in [-0.2, -0.15) is 10.2 Å². The number of hydrogen-bond acceptors (Lipinski definition) is 5. The number of nitrogens with zero attached hydrogens (tertiary/aromatic N) is 4. The van der Waals surface area contributed by atoms with Crippen LogP contribution in [0.4, 0.5) is 0 Å². The summed E-state index contributed by atoms with van der Waals surface area (Å²) in [4.78, 5) is 25.8. The minimum Gasteiger partial charge on any atom is -0.467 e. The maximum absolute atomic E-state index is 13.2. The number of aryl methyl sites for hydroxylation is 2. The number of carbonyl (C=O) groups excluding carboxylic acids is 1. The first-order valence-corrected chi connectivity index (χ1v) is 10.7. The highest BCUT2D eigenvalue weighted by Gasteiger charge is 2.35. The SMILES string of the molecule is O=C(Cn1nc2c(cc1=O)CCCC2)N1N=C(c2ccc(Cl)cc2)C[C@@H]1c1ccco1. The van der Waals surface area contributed by atoms with E-state index in [0.717, 1.165) is 48.2 Å². The molecular formula is C23H21ClN4O3. The van der Waals surface area contributed by atoms with E-state index in [1.807, 2.05) is 18.2 Å². The predicted octanol–water partition coefficient (Wildman–Crippen LogP) is 3.75. The molecule has 1 aliphatic heterocycles. The number of rotatable bonds is 4. The van der Waals surface area contributed by atoms with Gasteiger partial charge in [0.25, 0.3) is 11.5 Å². The second-order valence-electron chi connectivity index (χ2n) is 7.85. The number of fused-ring (bicyclic) bond motifs is 1. The minimum atomic E-state index is -0.374. The number of halogens is 1. The number of aromatic nitrogens is 2. The van der Waals surface area contributed by atoms with Gasteiger partial charge >= 0.3 is 0 Å². The number of amides is 1. The molecule has 0 radical (unpaired) electrons. The average molecular weight is 437 g/mol. The van der Waals surface area contributed by atoms with Gasteiger partial charge in [-0.05, 0) is 61.1 Å². The highest BCUT2D eigenvalue weighted by atomic mass is 35.5. The van der Waals surface area contributed by atoms with Gasteiger partial charge in [0.15, 0.2) is 0 Å². The molecule has 5 rings (SSSR count). The Labute approximate surface area is 183 Å². The Morgan fingerprint density at radius 3 is 2.74 bits per heavy atom. The molecule has 1 amide bonds. The fourth-order valence-electron chi connectivity index (χ4n) is 4.17. The topological polar surface area (TPSA) is 80.7 Å².